The van der Waals surface area contributed by atoms with Gasteiger partial charge in [0.1, 0.15) is 0 Å². The van der Waals surface area contributed by atoms with Crippen LogP contribution < -0.4 is 11.1 Å². The van der Waals surface area contributed by atoms with Gasteiger partial charge >= 0.3 is 0 Å². The highest BCUT2D eigenvalue weighted by atomic mass is 32.2. The van der Waals surface area contributed by atoms with Gasteiger partial charge in [0, 0.05) is 12.2 Å². The highest BCUT2D eigenvalue weighted by molar-refractivity contribution is 7.98. The second-order valence-electron chi connectivity index (χ2n) is 4.34. The molecule has 4 N–H and O–H groups in total. The first-order valence-electron chi connectivity index (χ1n) is 6.27. The van der Waals surface area contributed by atoms with E-state index in [1.165, 1.54) is 25.0 Å². The molecule has 98 valence electrons. The summed E-state index contributed by atoms with van der Waals surface area (Å²) in [5.41, 5.74) is 8.43. The smallest absolute Gasteiger partial charge is 0.201 e. The van der Waals surface area contributed by atoms with Crippen LogP contribution in [0, 0.1) is 0 Å². The molecule has 0 aliphatic heterocycles. The Bertz CT molecular complexity index is 495. The van der Waals surface area contributed by atoms with Crippen molar-refractivity contribution >= 4 is 34.4 Å². The van der Waals surface area contributed by atoms with Crippen LogP contribution in [0.5, 0.6) is 0 Å². The molecule has 0 bridgehead atoms. The van der Waals surface area contributed by atoms with Crippen molar-refractivity contribution in [3.05, 3.63) is 18.2 Å². The van der Waals surface area contributed by atoms with Crippen molar-refractivity contribution in [1.29, 1.82) is 0 Å². The van der Waals surface area contributed by atoms with Crippen molar-refractivity contribution in [3.8, 4) is 0 Å². The number of aromatic amines is 1. The Labute approximate surface area is 112 Å². The summed E-state index contributed by atoms with van der Waals surface area (Å²) in [7, 11) is 0. The number of anilines is 2. The van der Waals surface area contributed by atoms with Gasteiger partial charge in [-0.3, -0.25) is 0 Å². The second-order valence-corrected chi connectivity index (χ2v) is 5.33. The van der Waals surface area contributed by atoms with E-state index in [0.29, 0.717) is 0 Å². The quantitative estimate of drug-likeness (QED) is 0.531. The summed E-state index contributed by atoms with van der Waals surface area (Å²) in [5.74, 6) is 2.09. The summed E-state index contributed by atoms with van der Waals surface area (Å²) >= 11 is 1.91. The van der Waals surface area contributed by atoms with E-state index in [9.17, 15) is 0 Å². The van der Waals surface area contributed by atoms with Crippen molar-refractivity contribution < 1.29 is 0 Å². The van der Waals surface area contributed by atoms with Crippen molar-refractivity contribution in [3.63, 3.8) is 0 Å². The number of benzene rings is 1. The lowest BCUT2D eigenvalue weighted by Crippen LogP contribution is -2.02. The van der Waals surface area contributed by atoms with Crippen LogP contribution in [0.4, 0.5) is 11.6 Å². The SMILES string of the molecule is CSCCCCCNc1nc2ccc(N)cc2[nH]1. The monoisotopic (exact) mass is 264 g/mol. The minimum Gasteiger partial charge on any atom is -0.399 e. The molecule has 4 nitrogen and oxygen atoms in total. The lowest BCUT2D eigenvalue weighted by Gasteiger charge is -2.01. The summed E-state index contributed by atoms with van der Waals surface area (Å²) in [5, 5.41) is 3.32. The minimum atomic E-state index is 0.759. The topological polar surface area (TPSA) is 66.7 Å². The normalized spacial score (nSPS) is 10.9. The van der Waals surface area contributed by atoms with E-state index in [-0.39, 0.29) is 0 Å². The molecule has 2 rings (SSSR count). The van der Waals surface area contributed by atoms with Gasteiger partial charge in [-0.25, -0.2) is 4.98 Å². The fourth-order valence-corrected chi connectivity index (χ4v) is 2.36. The van der Waals surface area contributed by atoms with E-state index in [2.05, 4.69) is 21.5 Å². The van der Waals surface area contributed by atoms with Crippen LogP contribution in [0.25, 0.3) is 11.0 Å². The molecular formula is C13H20N4S. The summed E-state index contributed by atoms with van der Waals surface area (Å²) in [4.78, 5) is 7.69. The number of unbranched alkanes of at least 4 members (excludes halogenated alkanes) is 2. The van der Waals surface area contributed by atoms with Crippen LogP contribution in [0.3, 0.4) is 0 Å². The van der Waals surface area contributed by atoms with E-state index in [1.54, 1.807) is 0 Å². The van der Waals surface area contributed by atoms with Crippen LogP contribution in [0.1, 0.15) is 19.3 Å². The number of nitrogens with zero attached hydrogens (tertiary/aromatic N) is 1. The Morgan fingerprint density at radius 2 is 2.22 bits per heavy atom. The molecular weight excluding hydrogens is 244 g/mol. The molecule has 0 radical (unpaired) electrons. The number of imidazole rings is 1. The van der Waals surface area contributed by atoms with Gasteiger partial charge in [0.15, 0.2) is 0 Å². The molecule has 0 saturated heterocycles. The lowest BCUT2D eigenvalue weighted by atomic mass is 10.2. The predicted octanol–water partition coefficient (Wildman–Crippen LogP) is 3.09. The van der Waals surface area contributed by atoms with E-state index >= 15 is 0 Å². The van der Waals surface area contributed by atoms with Gasteiger partial charge in [-0.15, -0.1) is 0 Å². The third kappa shape index (κ3) is 3.57. The van der Waals surface area contributed by atoms with E-state index in [1.807, 2.05) is 30.0 Å². The first-order valence-corrected chi connectivity index (χ1v) is 7.67. The average Bonchev–Trinajstić information content (AvgIpc) is 2.75. The van der Waals surface area contributed by atoms with Gasteiger partial charge in [-0.05, 0) is 43.0 Å². The molecule has 2 aromatic rings. The highest BCUT2D eigenvalue weighted by Gasteiger charge is 2.01. The number of aromatic nitrogens is 2. The number of H-pyrrole nitrogens is 1. The van der Waals surface area contributed by atoms with E-state index in [4.69, 9.17) is 5.73 Å². The Kier molecular flexibility index (Phi) is 4.75. The number of nitrogens with one attached hydrogen (secondary N) is 2. The van der Waals surface area contributed by atoms with Gasteiger partial charge in [0.25, 0.3) is 0 Å². The van der Waals surface area contributed by atoms with Crippen LogP contribution in [0.2, 0.25) is 0 Å². The first-order chi connectivity index (χ1) is 8.79. The third-order valence-corrected chi connectivity index (χ3v) is 3.52. The molecule has 1 aromatic carbocycles. The highest BCUT2D eigenvalue weighted by Crippen LogP contribution is 2.17. The molecule has 0 saturated carbocycles. The maximum Gasteiger partial charge on any atom is 0.201 e. The summed E-state index contributed by atoms with van der Waals surface area (Å²) in [6, 6.07) is 5.71. The molecule has 5 heteroatoms. The number of nitrogen functional groups attached to an aromatic ring is 1. The van der Waals surface area contributed by atoms with Crippen molar-refractivity contribution in [2.75, 3.05) is 29.6 Å². The molecule has 0 unspecified atom stereocenters. The van der Waals surface area contributed by atoms with Crippen molar-refractivity contribution in [2.45, 2.75) is 19.3 Å². The van der Waals surface area contributed by atoms with Gasteiger partial charge in [-0.1, -0.05) is 6.42 Å². The minimum absolute atomic E-state index is 0.759. The Morgan fingerprint density at radius 1 is 1.33 bits per heavy atom. The number of hydrogen-bond donors (Lipinski definition) is 3. The summed E-state index contributed by atoms with van der Waals surface area (Å²) in [6.07, 6.45) is 5.89. The summed E-state index contributed by atoms with van der Waals surface area (Å²) < 4.78 is 0. The van der Waals surface area contributed by atoms with E-state index in [0.717, 1.165) is 29.2 Å². The predicted molar refractivity (Wildman–Crippen MR) is 81.2 cm³/mol. The Morgan fingerprint density at radius 3 is 3.06 bits per heavy atom. The standard InChI is InChI=1S/C13H20N4S/c1-18-8-4-2-3-7-15-13-16-11-6-5-10(14)9-12(11)17-13/h5-6,9H,2-4,7-8,14H2,1H3,(H2,15,16,17). The Balaban J connectivity index is 1.81. The molecule has 18 heavy (non-hydrogen) atoms. The maximum atomic E-state index is 5.73. The number of fused-ring (bicyclic) bond motifs is 1. The van der Waals surface area contributed by atoms with Crippen LogP contribution in [-0.4, -0.2) is 28.5 Å². The lowest BCUT2D eigenvalue weighted by molar-refractivity contribution is 0.747. The molecule has 1 aromatic heterocycles. The van der Waals surface area contributed by atoms with Gasteiger partial charge in [0.2, 0.25) is 5.95 Å². The second kappa shape index (κ2) is 6.54. The number of rotatable bonds is 7. The first kappa shape index (κ1) is 13.1. The molecule has 0 aliphatic rings. The van der Waals surface area contributed by atoms with E-state index < -0.39 is 0 Å². The fraction of sp³-hybridized carbons (Fsp3) is 0.462. The third-order valence-electron chi connectivity index (χ3n) is 2.82. The maximum absolute atomic E-state index is 5.73. The van der Waals surface area contributed by atoms with Gasteiger partial charge < -0.3 is 16.0 Å². The zero-order valence-electron chi connectivity index (χ0n) is 10.7. The zero-order valence-corrected chi connectivity index (χ0v) is 11.5. The number of nitrogens with two attached hydrogens (primary N) is 1. The Hall–Kier alpha value is -1.36. The largest absolute Gasteiger partial charge is 0.399 e. The van der Waals surface area contributed by atoms with Crippen molar-refractivity contribution in [1.82, 2.24) is 9.97 Å². The zero-order chi connectivity index (χ0) is 12.8. The van der Waals surface area contributed by atoms with Crippen LogP contribution >= 0.6 is 11.8 Å². The van der Waals surface area contributed by atoms with Crippen molar-refractivity contribution in [2.24, 2.45) is 0 Å². The van der Waals surface area contributed by atoms with Crippen LogP contribution in [-0.2, 0) is 0 Å². The fourth-order valence-electron chi connectivity index (χ4n) is 1.87. The molecule has 0 amide bonds. The molecule has 0 spiro atoms. The average molecular weight is 264 g/mol. The number of hydrogen-bond acceptors (Lipinski definition) is 4. The molecule has 0 atom stereocenters. The van der Waals surface area contributed by atoms with Crippen LogP contribution in [0.15, 0.2) is 18.2 Å². The summed E-state index contributed by atoms with van der Waals surface area (Å²) in [6.45, 7) is 0.962. The molecule has 1 heterocycles. The number of thioether (sulfide) groups is 1. The van der Waals surface area contributed by atoms with Gasteiger partial charge in [-0.2, -0.15) is 11.8 Å². The van der Waals surface area contributed by atoms with Gasteiger partial charge in [0.05, 0.1) is 11.0 Å². The molecule has 0 fully saturated rings. The molecule has 0 aliphatic carbocycles.